The lowest BCUT2D eigenvalue weighted by atomic mass is 10.1. The van der Waals surface area contributed by atoms with Gasteiger partial charge in [0.1, 0.15) is 6.29 Å². The summed E-state index contributed by atoms with van der Waals surface area (Å²) in [5.41, 5.74) is 2.23. The first-order valence-electron chi connectivity index (χ1n) is 6.39. The molecule has 0 radical (unpaired) electrons. The van der Waals surface area contributed by atoms with Gasteiger partial charge in [-0.1, -0.05) is 24.3 Å². The second kappa shape index (κ2) is 6.64. The molecule has 0 unspecified atom stereocenters. The van der Waals surface area contributed by atoms with Crippen LogP contribution in [-0.4, -0.2) is 53.9 Å². The number of hydrogen-bond donors (Lipinski definition) is 1. The number of aliphatic hydroxyl groups excluding tert-OH is 1. The molecule has 98 valence electrons. The summed E-state index contributed by atoms with van der Waals surface area (Å²) >= 11 is 0. The zero-order valence-electron chi connectivity index (χ0n) is 10.6. The van der Waals surface area contributed by atoms with Gasteiger partial charge in [0.2, 0.25) is 0 Å². The molecule has 18 heavy (non-hydrogen) atoms. The molecule has 1 heterocycles. The van der Waals surface area contributed by atoms with E-state index >= 15 is 0 Å². The summed E-state index contributed by atoms with van der Waals surface area (Å²) in [5, 5.41) is 8.99. The maximum absolute atomic E-state index is 10.4. The molecule has 1 saturated heterocycles. The van der Waals surface area contributed by atoms with Gasteiger partial charge in [-0.2, -0.15) is 0 Å². The highest BCUT2D eigenvalue weighted by Gasteiger charge is 2.16. The third kappa shape index (κ3) is 3.63. The lowest BCUT2D eigenvalue weighted by molar-refractivity contribution is -0.109. The van der Waals surface area contributed by atoms with Gasteiger partial charge in [-0.05, 0) is 11.1 Å². The van der Waals surface area contributed by atoms with Crippen LogP contribution in [0.2, 0.25) is 0 Å². The third-order valence-electron chi connectivity index (χ3n) is 3.41. The molecular weight excluding hydrogens is 228 g/mol. The Labute approximate surface area is 108 Å². The average Bonchev–Trinajstić information content (AvgIpc) is 2.42. The summed E-state index contributed by atoms with van der Waals surface area (Å²) < 4.78 is 0. The van der Waals surface area contributed by atoms with Crippen LogP contribution in [0.4, 0.5) is 0 Å². The Bertz CT molecular complexity index is 370. The van der Waals surface area contributed by atoms with E-state index in [1.54, 1.807) is 0 Å². The van der Waals surface area contributed by atoms with Crippen molar-refractivity contribution in [3.05, 3.63) is 35.4 Å². The van der Waals surface area contributed by atoms with Crippen molar-refractivity contribution in [2.75, 3.05) is 32.7 Å². The molecule has 0 saturated carbocycles. The van der Waals surface area contributed by atoms with Crippen LogP contribution in [0, 0.1) is 0 Å². The highest BCUT2D eigenvalue weighted by molar-refractivity contribution is 5.51. The van der Waals surface area contributed by atoms with Crippen molar-refractivity contribution in [1.82, 2.24) is 9.80 Å². The maximum atomic E-state index is 10.4. The Kier molecular flexibility index (Phi) is 4.87. The molecule has 1 fully saturated rings. The van der Waals surface area contributed by atoms with E-state index in [2.05, 4.69) is 21.9 Å². The third-order valence-corrected chi connectivity index (χ3v) is 3.41. The van der Waals surface area contributed by atoms with Gasteiger partial charge in [0, 0.05) is 32.7 Å². The van der Waals surface area contributed by atoms with Crippen molar-refractivity contribution in [3.63, 3.8) is 0 Å². The molecule has 1 aliphatic heterocycles. The zero-order chi connectivity index (χ0) is 12.8. The van der Waals surface area contributed by atoms with Crippen molar-refractivity contribution in [1.29, 1.82) is 0 Å². The monoisotopic (exact) mass is 248 g/mol. The van der Waals surface area contributed by atoms with Crippen LogP contribution in [0.25, 0.3) is 0 Å². The minimum Gasteiger partial charge on any atom is -0.392 e. The molecule has 0 aromatic heterocycles. The Hall–Kier alpha value is -1.23. The van der Waals surface area contributed by atoms with Crippen molar-refractivity contribution in [2.24, 2.45) is 0 Å². The van der Waals surface area contributed by atoms with E-state index in [1.807, 2.05) is 12.1 Å². The van der Waals surface area contributed by atoms with Crippen LogP contribution in [0.5, 0.6) is 0 Å². The van der Waals surface area contributed by atoms with Gasteiger partial charge in [0.05, 0.1) is 13.2 Å². The topological polar surface area (TPSA) is 43.8 Å². The fourth-order valence-electron chi connectivity index (χ4n) is 2.24. The average molecular weight is 248 g/mol. The molecular formula is C14H20N2O2. The van der Waals surface area contributed by atoms with E-state index < -0.39 is 0 Å². The van der Waals surface area contributed by atoms with Gasteiger partial charge >= 0.3 is 0 Å². The minimum absolute atomic E-state index is 0.102. The summed E-state index contributed by atoms with van der Waals surface area (Å²) in [5.74, 6) is 0. The number of nitrogens with zero attached hydrogens (tertiary/aromatic N) is 2. The van der Waals surface area contributed by atoms with Gasteiger partial charge < -0.3 is 9.90 Å². The second-order valence-corrected chi connectivity index (χ2v) is 4.72. The van der Waals surface area contributed by atoms with Gasteiger partial charge in [-0.3, -0.25) is 9.80 Å². The summed E-state index contributed by atoms with van der Waals surface area (Å²) in [6, 6.07) is 8.09. The smallest absolute Gasteiger partial charge is 0.133 e. The molecule has 0 amide bonds. The Morgan fingerprint density at radius 2 is 1.56 bits per heavy atom. The van der Waals surface area contributed by atoms with Crippen LogP contribution >= 0.6 is 0 Å². The molecule has 4 heteroatoms. The fraction of sp³-hybridized carbons (Fsp3) is 0.500. The number of aldehydes is 1. The van der Waals surface area contributed by atoms with Crippen LogP contribution in [0.15, 0.2) is 24.3 Å². The molecule has 2 rings (SSSR count). The highest BCUT2D eigenvalue weighted by atomic mass is 16.3. The summed E-state index contributed by atoms with van der Waals surface area (Å²) in [6.07, 6.45) is 0.975. The predicted molar refractivity (Wildman–Crippen MR) is 70.1 cm³/mol. The van der Waals surface area contributed by atoms with Crippen LogP contribution in [-0.2, 0) is 17.9 Å². The largest absolute Gasteiger partial charge is 0.392 e. The van der Waals surface area contributed by atoms with E-state index in [1.165, 1.54) is 5.56 Å². The normalized spacial score (nSPS) is 17.8. The number of carbonyl (C=O) groups is 1. The first-order chi connectivity index (χ1) is 8.81. The number of hydrogen-bond acceptors (Lipinski definition) is 4. The number of rotatable bonds is 5. The van der Waals surface area contributed by atoms with E-state index in [0.717, 1.165) is 44.6 Å². The van der Waals surface area contributed by atoms with E-state index in [0.29, 0.717) is 6.54 Å². The zero-order valence-corrected chi connectivity index (χ0v) is 10.6. The number of carbonyl (C=O) groups excluding carboxylic acids is 1. The van der Waals surface area contributed by atoms with E-state index in [4.69, 9.17) is 5.11 Å². The molecule has 1 aromatic rings. The molecule has 0 bridgehead atoms. The fourth-order valence-corrected chi connectivity index (χ4v) is 2.24. The maximum Gasteiger partial charge on any atom is 0.133 e. The lowest BCUT2D eigenvalue weighted by Gasteiger charge is -2.33. The molecule has 0 spiro atoms. The quantitative estimate of drug-likeness (QED) is 0.771. The van der Waals surface area contributed by atoms with E-state index in [-0.39, 0.29) is 6.61 Å². The van der Waals surface area contributed by atoms with Crippen molar-refractivity contribution in [2.45, 2.75) is 13.2 Å². The van der Waals surface area contributed by atoms with Crippen molar-refractivity contribution >= 4 is 6.29 Å². The van der Waals surface area contributed by atoms with Gasteiger partial charge in [-0.25, -0.2) is 0 Å². The molecule has 1 aliphatic rings. The number of benzene rings is 1. The predicted octanol–water partition coefficient (Wildman–Crippen LogP) is 0.495. The Morgan fingerprint density at radius 3 is 2.11 bits per heavy atom. The summed E-state index contributed by atoms with van der Waals surface area (Å²) in [6.45, 7) is 5.55. The molecule has 0 aliphatic carbocycles. The number of piperazine rings is 1. The summed E-state index contributed by atoms with van der Waals surface area (Å²) in [4.78, 5) is 15.0. The lowest BCUT2D eigenvalue weighted by Crippen LogP contribution is -2.46. The first-order valence-corrected chi connectivity index (χ1v) is 6.39. The standard InChI is InChI=1S/C14H20N2O2/c17-10-9-15-5-7-16(8-6-15)11-13-1-3-14(12-18)4-2-13/h1-4,10,18H,5-9,11-12H2. The van der Waals surface area contributed by atoms with Crippen LogP contribution < -0.4 is 0 Å². The first kappa shape index (κ1) is 13.2. The molecule has 1 N–H and O–H groups in total. The van der Waals surface area contributed by atoms with Crippen molar-refractivity contribution < 1.29 is 9.90 Å². The highest BCUT2D eigenvalue weighted by Crippen LogP contribution is 2.10. The number of aliphatic hydroxyl groups is 1. The second-order valence-electron chi connectivity index (χ2n) is 4.72. The molecule has 4 nitrogen and oxygen atoms in total. The van der Waals surface area contributed by atoms with Gasteiger partial charge in [-0.15, -0.1) is 0 Å². The van der Waals surface area contributed by atoms with E-state index in [9.17, 15) is 4.79 Å². The van der Waals surface area contributed by atoms with Gasteiger partial charge in [0.15, 0.2) is 0 Å². The van der Waals surface area contributed by atoms with Gasteiger partial charge in [0.25, 0.3) is 0 Å². The summed E-state index contributed by atoms with van der Waals surface area (Å²) in [7, 11) is 0. The molecule has 0 atom stereocenters. The van der Waals surface area contributed by atoms with Crippen LogP contribution in [0.1, 0.15) is 11.1 Å². The van der Waals surface area contributed by atoms with Crippen LogP contribution in [0.3, 0.4) is 0 Å². The Balaban J connectivity index is 1.81. The minimum atomic E-state index is 0.102. The SMILES string of the molecule is O=CCN1CCN(Cc2ccc(CO)cc2)CC1. The molecule has 1 aromatic carbocycles. The Morgan fingerprint density at radius 1 is 1.00 bits per heavy atom. The van der Waals surface area contributed by atoms with Crippen molar-refractivity contribution in [3.8, 4) is 0 Å².